The minimum atomic E-state index is -0.379. The van der Waals surface area contributed by atoms with Crippen LogP contribution < -0.4 is 10.9 Å². The van der Waals surface area contributed by atoms with E-state index in [0.717, 1.165) is 24.9 Å². The Labute approximate surface area is 140 Å². The molecule has 8 nitrogen and oxygen atoms in total. The van der Waals surface area contributed by atoms with E-state index in [2.05, 4.69) is 33.3 Å². The number of hydrazine groups is 1. The van der Waals surface area contributed by atoms with Crippen molar-refractivity contribution in [2.75, 3.05) is 0 Å². The Morgan fingerprint density at radius 2 is 2.17 bits per heavy atom. The number of aromatic nitrogens is 4. The van der Waals surface area contributed by atoms with Gasteiger partial charge in [0.2, 0.25) is 0 Å². The Balaban J connectivity index is 1.50. The van der Waals surface area contributed by atoms with Crippen LogP contribution in [0.1, 0.15) is 43.6 Å². The lowest BCUT2D eigenvalue weighted by atomic mass is 10.0. The zero-order chi connectivity index (χ0) is 16.8. The SMILES string of the molecule is CCCCn1nnnc1COC(=O)C1CC(c2ccccc2)NN1. The minimum absolute atomic E-state index is 0.0870. The summed E-state index contributed by atoms with van der Waals surface area (Å²) in [5, 5.41) is 11.5. The predicted molar refractivity (Wildman–Crippen MR) is 86.4 cm³/mol. The molecule has 1 aromatic heterocycles. The van der Waals surface area contributed by atoms with Crippen LogP contribution in [0, 0.1) is 0 Å². The number of nitrogens with one attached hydrogen (secondary N) is 2. The summed E-state index contributed by atoms with van der Waals surface area (Å²) in [4.78, 5) is 12.2. The highest BCUT2D eigenvalue weighted by atomic mass is 16.5. The normalized spacial score (nSPS) is 20.2. The molecule has 8 heteroatoms. The molecule has 0 radical (unpaired) electrons. The molecule has 128 valence electrons. The van der Waals surface area contributed by atoms with Crippen LogP contribution in [0.4, 0.5) is 0 Å². The third kappa shape index (κ3) is 3.95. The molecule has 0 saturated carbocycles. The number of nitrogens with zero attached hydrogens (tertiary/aromatic N) is 4. The average Bonchev–Trinajstić information content (AvgIpc) is 3.28. The van der Waals surface area contributed by atoms with Crippen molar-refractivity contribution in [3.8, 4) is 0 Å². The van der Waals surface area contributed by atoms with Crippen LogP contribution in [-0.2, 0) is 22.7 Å². The van der Waals surface area contributed by atoms with Gasteiger partial charge in [0.05, 0.1) is 0 Å². The first-order valence-electron chi connectivity index (χ1n) is 8.25. The largest absolute Gasteiger partial charge is 0.456 e. The first-order valence-corrected chi connectivity index (χ1v) is 8.25. The standard InChI is InChI=1S/C16H22N6O2/c1-2-3-9-22-15(19-20-21-22)11-24-16(23)14-10-13(17-18-14)12-7-5-4-6-8-12/h4-8,13-14,17-18H,2-3,9-11H2,1H3. The lowest BCUT2D eigenvalue weighted by Crippen LogP contribution is -2.37. The van der Waals surface area contributed by atoms with Crippen LogP contribution >= 0.6 is 0 Å². The summed E-state index contributed by atoms with van der Waals surface area (Å²) in [5.41, 5.74) is 7.28. The Hall–Kier alpha value is -2.32. The highest BCUT2D eigenvalue weighted by molar-refractivity contribution is 5.76. The van der Waals surface area contributed by atoms with E-state index in [1.54, 1.807) is 4.68 Å². The smallest absolute Gasteiger partial charge is 0.325 e. The quantitative estimate of drug-likeness (QED) is 0.735. The second-order valence-electron chi connectivity index (χ2n) is 5.82. The molecule has 0 amide bonds. The topological polar surface area (TPSA) is 94.0 Å². The molecule has 1 fully saturated rings. The zero-order valence-corrected chi connectivity index (χ0v) is 13.7. The van der Waals surface area contributed by atoms with Crippen LogP contribution in [0.3, 0.4) is 0 Å². The summed E-state index contributed by atoms with van der Waals surface area (Å²) in [6.45, 7) is 2.92. The summed E-state index contributed by atoms with van der Waals surface area (Å²) in [5.74, 6) is 0.272. The second kappa shape index (κ2) is 7.98. The molecule has 1 aromatic carbocycles. The van der Waals surface area contributed by atoms with Crippen molar-refractivity contribution in [2.45, 2.75) is 51.4 Å². The molecular weight excluding hydrogens is 308 g/mol. The van der Waals surface area contributed by atoms with Gasteiger partial charge in [-0.3, -0.25) is 4.79 Å². The number of aryl methyl sites for hydroxylation is 1. The van der Waals surface area contributed by atoms with E-state index in [0.29, 0.717) is 12.2 Å². The molecular formula is C16H22N6O2. The van der Waals surface area contributed by atoms with Gasteiger partial charge in [0, 0.05) is 12.6 Å². The maximum atomic E-state index is 12.2. The number of esters is 1. The molecule has 1 aliphatic rings. The zero-order valence-electron chi connectivity index (χ0n) is 13.7. The Kier molecular flexibility index (Phi) is 5.50. The molecule has 1 aliphatic heterocycles. The monoisotopic (exact) mass is 330 g/mol. The molecule has 2 aromatic rings. The molecule has 2 atom stereocenters. The van der Waals surface area contributed by atoms with E-state index >= 15 is 0 Å². The fraction of sp³-hybridized carbons (Fsp3) is 0.500. The van der Waals surface area contributed by atoms with Crippen LogP contribution in [-0.4, -0.2) is 32.2 Å². The third-order valence-corrected chi connectivity index (χ3v) is 4.06. The van der Waals surface area contributed by atoms with Gasteiger partial charge in [-0.15, -0.1) is 5.10 Å². The lowest BCUT2D eigenvalue weighted by Gasteiger charge is -2.10. The number of hydrogen-bond acceptors (Lipinski definition) is 7. The molecule has 2 heterocycles. The summed E-state index contributed by atoms with van der Waals surface area (Å²) in [6.07, 6.45) is 2.68. The average molecular weight is 330 g/mol. The van der Waals surface area contributed by atoms with Crippen molar-refractivity contribution < 1.29 is 9.53 Å². The predicted octanol–water partition coefficient (Wildman–Crippen LogP) is 1.12. The molecule has 2 N–H and O–H groups in total. The first-order chi connectivity index (χ1) is 11.8. The van der Waals surface area contributed by atoms with E-state index < -0.39 is 0 Å². The van der Waals surface area contributed by atoms with Gasteiger partial charge < -0.3 is 4.74 Å². The molecule has 24 heavy (non-hydrogen) atoms. The van der Waals surface area contributed by atoms with E-state index in [4.69, 9.17) is 4.74 Å². The number of carbonyl (C=O) groups is 1. The van der Waals surface area contributed by atoms with E-state index in [9.17, 15) is 4.79 Å². The third-order valence-electron chi connectivity index (χ3n) is 4.06. The van der Waals surface area contributed by atoms with Crippen molar-refractivity contribution in [2.24, 2.45) is 0 Å². The van der Waals surface area contributed by atoms with Crippen LogP contribution in [0.15, 0.2) is 30.3 Å². The minimum Gasteiger partial charge on any atom is -0.456 e. The van der Waals surface area contributed by atoms with Gasteiger partial charge in [0.25, 0.3) is 0 Å². The Morgan fingerprint density at radius 3 is 2.96 bits per heavy atom. The van der Waals surface area contributed by atoms with Gasteiger partial charge in [-0.1, -0.05) is 43.7 Å². The van der Waals surface area contributed by atoms with Gasteiger partial charge in [-0.05, 0) is 28.8 Å². The summed E-state index contributed by atoms with van der Waals surface area (Å²) < 4.78 is 7.05. The second-order valence-corrected chi connectivity index (χ2v) is 5.82. The molecule has 0 bridgehead atoms. The fourth-order valence-electron chi connectivity index (χ4n) is 2.66. The van der Waals surface area contributed by atoms with E-state index in [-0.39, 0.29) is 24.7 Å². The molecule has 3 rings (SSSR count). The number of carbonyl (C=O) groups excluding carboxylic acids is 1. The number of rotatable bonds is 7. The van der Waals surface area contributed by atoms with Crippen LogP contribution in [0.25, 0.3) is 0 Å². The van der Waals surface area contributed by atoms with Gasteiger partial charge in [-0.25, -0.2) is 15.5 Å². The van der Waals surface area contributed by atoms with Gasteiger partial charge in [-0.2, -0.15) is 0 Å². The summed E-state index contributed by atoms with van der Waals surface area (Å²) in [6, 6.07) is 9.73. The van der Waals surface area contributed by atoms with E-state index in [1.807, 2.05) is 30.3 Å². The van der Waals surface area contributed by atoms with Gasteiger partial charge in [0.1, 0.15) is 6.04 Å². The maximum Gasteiger partial charge on any atom is 0.325 e. The van der Waals surface area contributed by atoms with Crippen molar-refractivity contribution in [3.63, 3.8) is 0 Å². The van der Waals surface area contributed by atoms with Crippen LogP contribution in [0.5, 0.6) is 0 Å². The van der Waals surface area contributed by atoms with Gasteiger partial charge >= 0.3 is 5.97 Å². The highest BCUT2D eigenvalue weighted by Crippen LogP contribution is 2.22. The fourth-order valence-corrected chi connectivity index (χ4v) is 2.66. The van der Waals surface area contributed by atoms with Crippen molar-refractivity contribution in [1.82, 2.24) is 31.1 Å². The van der Waals surface area contributed by atoms with E-state index in [1.165, 1.54) is 0 Å². The van der Waals surface area contributed by atoms with Crippen molar-refractivity contribution >= 4 is 5.97 Å². The summed E-state index contributed by atoms with van der Waals surface area (Å²) in [7, 11) is 0. The Bertz CT molecular complexity index is 660. The number of ether oxygens (including phenoxy) is 1. The van der Waals surface area contributed by atoms with Crippen molar-refractivity contribution in [3.05, 3.63) is 41.7 Å². The number of benzene rings is 1. The maximum absolute atomic E-state index is 12.2. The number of hydrogen-bond donors (Lipinski definition) is 2. The molecule has 1 saturated heterocycles. The number of tetrazole rings is 1. The number of unbranched alkanes of at least 4 members (excludes halogenated alkanes) is 1. The summed E-state index contributed by atoms with van der Waals surface area (Å²) >= 11 is 0. The molecule has 2 unspecified atom stereocenters. The Morgan fingerprint density at radius 1 is 1.33 bits per heavy atom. The highest BCUT2D eigenvalue weighted by Gasteiger charge is 2.31. The molecule has 0 aliphatic carbocycles. The van der Waals surface area contributed by atoms with Crippen molar-refractivity contribution in [1.29, 1.82) is 0 Å². The lowest BCUT2D eigenvalue weighted by molar-refractivity contribution is -0.147. The first kappa shape index (κ1) is 16.5. The van der Waals surface area contributed by atoms with Gasteiger partial charge in [0.15, 0.2) is 12.4 Å². The molecule has 0 spiro atoms. The van der Waals surface area contributed by atoms with Crippen LogP contribution in [0.2, 0.25) is 0 Å².